The highest BCUT2D eigenvalue weighted by Crippen LogP contribution is 2.37. The lowest BCUT2D eigenvalue weighted by Crippen LogP contribution is -2.51. The Balaban J connectivity index is 1.92. The highest BCUT2D eigenvalue weighted by Gasteiger charge is 2.42. The molecule has 5 nitrogen and oxygen atoms in total. The minimum Gasteiger partial charge on any atom is -0.481 e. The van der Waals surface area contributed by atoms with Crippen LogP contribution in [0.5, 0.6) is 0 Å². The van der Waals surface area contributed by atoms with E-state index in [9.17, 15) is 14.7 Å². The number of hydrogen-bond donors (Lipinski definition) is 2. The van der Waals surface area contributed by atoms with Gasteiger partial charge < -0.3 is 15.3 Å². The van der Waals surface area contributed by atoms with Crippen molar-refractivity contribution in [3.05, 3.63) is 0 Å². The zero-order valence-corrected chi connectivity index (χ0v) is 12.4. The first-order valence-corrected chi connectivity index (χ1v) is 7.87. The molecule has 0 aromatic carbocycles. The van der Waals surface area contributed by atoms with Crippen molar-refractivity contribution in [1.29, 1.82) is 0 Å². The van der Waals surface area contributed by atoms with Crippen LogP contribution in [0.15, 0.2) is 0 Å². The number of carboxylic acids is 1. The summed E-state index contributed by atoms with van der Waals surface area (Å²) in [5.41, 5.74) is -0.729. The van der Waals surface area contributed by atoms with E-state index in [1.165, 1.54) is 6.42 Å². The first-order chi connectivity index (χ1) is 9.59. The molecule has 1 atom stereocenters. The van der Waals surface area contributed by atoms with Gasteiger partial charge in [-0.25, -0.2) is 4.79 Å². The molecule has 0 aromatic rings. The predicted octanol–water partition coefficient (Wildman–Crippen LogP) is 2.61. The molecular formula is C15H26N2O3. The van der Waals surface area contributed by atoms with Gasteiger partial charge in [0.25, 0.3) is 0 Å². The molecule has 2 fully saturated rings. The third-order valence-corrected chi connectivity index (χ3v) is 4.95. The van der Waals surface area contributed by atoms with Gasteiger partial charge >= 0.3 is 12.0 Å². The predicted molar refractivity (Wildman–Crippen MR) is 76.6 cm³/mol. The summed E-state index contributed by atoms with van der Waals surface area (Å²) in [5, 5.41) is 12.3. The Bertz CT molecular complexity index is 364. The summed E-state index contributed by atoms with van der Waals surface area (Å²) < 4.78 is 0. The number of likely N-dealkylation sites (tertiary alicyclic amines) is 1. The van der Waals surface area contributed by atoms with Crippen molar-refractivity contribution < 1.29 is 14.7 Å². The van der Waals surface area contributed by atoms with Crippen molar-refractivity contribution >= 4 is 12.0 Å². The standard InChI is InChI=1S/C15H26N2O3/c1-2-12-7-3-6-10-17(12)14(20)16-11-15(13(18)19)8-4-5-9-15/h12H,2-11H2,1H3,(H,16,20)(H,18,19). The van der Waals surface area contributed by atoms with Crippen molar-refractivity contribution in [2.24, 2.45) is 5.41 Å². The minimum absolute atomic E-state index is 0.0796. The molecule has 1 aliphatic heterocycles. The van der Waals surface area contributed by atoms with E-state index in [-0.39, 0.29) is 12.6 Å². The molecule has 114 valence electrons. The van der Waals surface area contributed by atoms with E-state index in [1.807, 2.05) is 4.90 Å². The molecule has 5 heteroatoms. The van der Waals surface area contributed by atoms with E-state index in [2.05, 4.69) is 12.2 Å². The van der Waals surface area contributed by atoms with Gasteiger partial charge in [0, 0.05) is 19.1 Å². The van der Waals surface area contributed by atoms with Crippen molar-refractivity contribution in [2.75, 3.05) is 13.1 Å². The van der Waals surface area contributed by atoms with Gasteiger partial charge in [-0.1, -0.05) is 19.8 Å². The van der Waals surface area contributed by atoms with E-state index in [0.717, 1.165) is 38.6 Å². The molecule has 2 N–H and O–H groups in total. The summed E-state index contributed by atoms with van der Waals surface area (Å²) in [6.07, 6.45) is 7.52. The summed E-state index contributed by atoms with van der Waals surface area (Å²) in [5.74, 6) is -0.763. The second-order valence-electron chi connectivity index (χ2n) is 6.20. The number of amides is 2. The molecule has 0 bridgehead atoms. The van der Waals surface area contributed by atoms with Crippen LogP contribution in [-0.2, 0) is 4.79 Å². The van der Waals surface area contributed by atoms with Gasteiger partial charge in [-0.3, -0.25) is 4.79 Å². The molecule has 1 saturated carbocycles. The van der Waals surface area contributed by atoms with Gasteiger partial charge in [0.15, 0.2) is 0 Å². The largest absolute Gasteiger partial charge is 0.481 e. The number of carbonyl (C=O) groups is 2. The Morgan fingerprint density at radius 1 is 1.25 bits per heavy atom. The molecule has 20 heavy (non-hydrogen) atoms. The summed E-state index contributed by atoms with van der Waals surface area (Å²) in [7, 11) is 0. The van der Waals surface area contributed by atoms with Crippen LogP contribution in [0.25, 0.3) is 0 Å². The Morgan fingerprint density at radius 3 is 2.55 bits per heavy atom. The third kappa shape index (κ3) is 3.07. The first-order valence-electron chi connectivity index (χ1n) is 7.87. The van der Waals surface area contributed by atoms with Crippen molar-refractivity contribution in [1.82, 2.24) is 10.2 Å². The minimum atomic E-state index is -0.763. The summed E-state index contributed by atoms with van der Waals surface area (Å²) in [6.45, 7) is 3.17. The number of nitrogens with one attached hydrogen (secondary N) is 1. The molecule has 2 aliphatic rings. The fourth-order valence-electron chi connectivity index (χ4n) is 3.56. The first kappa shape index (κ1) is 15.1. The Morgan fingerprint density at radius 2 is 1.95 bits per heavy atom. The van der Waals surface area contributed by atoms with Crippen LogP contribution in [0, 0.1) is 5.41 Å². The SMILES string of the molecule is CCC1CCCCN1C(=O)NCC1(C(=O)O)CCCC1. The van der Waals surface area contributed by atoms with Gasteiger partial charge in [0.2, 0.25) is 0 Å². The lowest BCUT2D eigenvalue weighted by atomic mass is 9.86. The zero-order chi connectivity index (χ0) is 14.6. The molecule has 1 heterocycles. The van der Waals surface area contributed by atoms with E-state index < -0.39 is 11.4 Å². The maximum Gasteiger partial charge on any atom is 0.317 e. The molecular weight excluding hydrogens is 256 g/mol. The van der Waals surface area contributed by atoms with Crippen LogP contribution in [-0.4, -0.2) is 41.1 Å². The van der Waals surface area contributed by atoms with Gasteiger partial charge in [-0.2, -0.15) is 0 Å². The number of hydrogen-bond acceptors (Lipinski definition) is 2. The van der Waals surface area contributed by atoms with Crippen LogP contribution in [0.2, 0.25) is 0 Å². The summed E-state index contributed by atoms with van der Waals surface area (Å²) in [4.78, 5) is 25.7. The Labute approximate surface area is 120 Å². The molecule has 1 aliphatic carbocycles. The Hall–Kier alpha value is -1.26. The van der Waals surface area contributed by atoms with Crippen LogP contribution in [0.3, 0.4) is 0 Å². The second kappa shape index (κ2) is 6.46. The van der Waals surface area contributed by atoms with Gasteiger partial charge in [-0.15, -0.1) is 0 Å². The monoisotopic (exact) mass is 282 g/mol. The lowest BCUT2D eigenvalue weighted by molar-refractivity contribution is -0.148. The number of carboxylic acid groups (broad SMARTS) is 1. The number of piperidine rings is 1. The Kier molecular flexibility index (Phi) is 4.89. The van der Waals surface area contributed by atoms with E-state index in [0.29, 0.717) is 18.9 Å². The fourth-order valence-corrected chi connectivity index (χ4v) is 3.56. The number of rotatable bonds is 4. The van der Waals surface area contributed by atoms with Crippen LogP contribution >= 0.6 is 0 Å². The second-order valence-corrected chi connectivity index (χ2v) is 6.20. The van der Waals surface area contributed by atoms with Crippen molar-refractivity contribution in [2.45, 2.75) is 64.3 Å². The zero-order valence-electron chi connectivity index (χ0n) is 12.4. The van der Waals surface area contributed by atoms with Gasteiger partial charge in [0.1, 0.15) is 0 Å². The van der Waals surface area contributed by atoms with E-state index >= 15 is 0 Å². The average Bonchev–Trinajstić information content (AvgIpc) is 2.95. The summed E-state index contributed by atoms with van der Waals surface area (Å²) in [6, 6.07) is 0.234. The maximum atomic E-state index is 12.3. The molecule has 0 radical (unpaired) electrons. The molecule has 0 aromatic heterocycles. The van der Waals surface area contributed by atoms with Crippen LogP contribution in [0.4, 0.5) is 4.79 Å². The van der Waals surface area contributed by atoms with E-state index in [4.69, 9.17) is 0 Å². The van der Waals surface area contributed by atoms with Gasteiger partial charge in [-0.05, 0) is 38.5 Å². The van der Waals surface area contributed by atoms with E-state index in [1.54, 1.807) is 0 Å². The summed E-state index contributed by atoms with van der Waals surface area (Å²) >= 11 is 0. The molecule has 1 saturated heterocycles. The normalized spacial score (nSPS) is 25.4. The van der Waals surface area contributed by atoms with Gasteiger partial charge in [0.05, 0.1) is 5.41 Å². The topological polar surface area (TPSA) is 69.6 Å². The molecule has 1 unspecified atom stereocenters. The number of urea groups is 1. The maximum absolute atomic E-state index is 12.3. The van der Waals surface area contributed by atoms with Crippen LogP contribution < -0.4 is 5.32 Å². The number of carbonyl (C=O) groups excluding carboxylic acids is 1. The highest BCUT2D eigenvalue weighted by molar-refractivity contribution is 5.78. The molecule has 0 spiro atoms. The molecule has 2 rings (SSSR count). The average molecular weight is 282 g/mol. The quantitative estimate of drug-likeness (QED) is 0.832. The lowest BCUT2D eigenvalue weighted by Gasteiger charge is -2.36. The third-order valence-electron chi connectivity index (χ3n) is 4.95. The molecule has 2 amide bonds. The van der Waals surface area contributed by atoms with Crippen molar-refractivity contribution in [3.8, 4) is 0 Å². The fraction of sp³-hybridized carbons (Fsp3) is 0.867. The number of nitrogens with zero attached hydrogens (tertiary/aromatic N) is 1. The highest BCUT2D eigenvalue weighted by atomic mass is 16.4. The smallest absolute Gasteiger partial charge is 0.317 e. The van der Waals surface area contributed by atoms with Crippen LogP contribution in [0.1, 0.15) is 58.3 Å². The number of aliphatic carboxylic acids is 1. The van der Waals surface area contributed by atoms with Crippen molar-refractivity contribution in [3.63, 3.8) is 0 Å².